The molecule has 1 atom stereocenters. The first-order chi connectivity index (χ1) is 15.1. The Bertz CT molecular complexity index is 1190. The van der Waals surface area contributed by atoms with Gasteiger partial charge in [0.25, 0.3) is 0 Å². The van der Waals surface area contributed by atoms with Crippen LogP contribution in [0.2, 0.25) is 5.02 Å². The third-order valence-electron chi connectivity index (χ3n) is 5.48. The van der Waals surface area contributed by atoms with Crippen molar-refractivity contribution in [2.45, 2.75) is 25.1 Å². The first kappa shape index (κ1) is 22.0. The molecule has 3 aromatic rings. The maximum Gasteiger partial charge on any atom is 0.471 e. The summed E-state index contributed by atoms with van der Waals surface area (Å²) in [6.45, 7) is -0.117. The fourth-order valence-electron chi connectivity index (χ4n) is 4.10. The molecule has 1 unspecified atom stereocenters. The highest BCUT2D eigenvalue weighted by Crippen LogP contribution is 2.40. The van der Waals surface area contributed by atoms with Crippen molar-refractivity contribution in [3.05, 3.63) is 64.3 Å². The Labute approximate surface area is 186 Å². The second kappa shape index (κ2) is 8.38. The van der Waals surface area contributed by atoms with E-state index in [1.165, 1.54) is 6.07 Å². The molecule has 2 aromatic carbocycles. The van der Waals surface area contributed by atoms with E-state index in [0.717, 1.165) is 22.2 Å². The summed E-state index contributed by atoms with van der Waals surface area (Å²) in [5.74, 6) is -2.47. The maximum absolute atomic E-state index is 13.0. The lowest BCUT2D eigenvalue weighted by Gasteiger charge is -2.36. The largest absolute Gasteiger partial charge is 0.508 e. The van der Waals surface area contributed by atoms with E-state index >= 15 is 0 Å². The minimum Gasteiger partial charge on any atom is -0.508 e. The molecule has 1 aromatic heterocycles. The van der Waals surface area contributed by atoms with Gasteiger partial charge in [-0.1, -0.05) is 23.7 Å². The van der Waals surface area contributed by atoms with Crippen LogP contribution in [0.3, 0.4) is 0 Å². The number of benzene rings is 2. The summed E-state index contributed by atoms with van der Waals surface area (Å²) in [6, 6.07) is 11.3. The average molecular weight is 466 g/mol. The molecule has 32 heavy (non-hydrogen) atoms. The van der Waals surface area contributed by atoms with Gasteiger partial charge in [-0.25, -0.2) is 0 Å². The molecule has 2 heterocycles. The number of aromatic hydroxyl groups is 1. The van der Waals surface area contributed by atoms with Gasteiger partial charge in [-0.2, -0.15) is 13.2 Å². The molecule has 1 aliphatic rings. The van der Waals surface area contributed by atoms with Crippen molar-refractivity contribution in [2.75, 3.05) is 13.1 Å². The number of phenolic OH excluding ortho intramolecular Hbond substituents is 1. The number of H-pyrrole nitrogens is 1. The highest BCUT2D eigenvalue weighted by molar-refractivity contribution is 6.31. The Morgan fingerprint density at radius 3 is 2.72 bits per heavy atom. The summed E-state index contributed by atoms with van der Waals surface area (Å²) in [6.07, 6.45) is -4.77. The molecular weight excluding hydrogens is 447 g/mol. The number of alkyl halides is 3. The molecular formula is C22H19ClF3N3O3. The molecule has 0 bridgehead atoms. The number of fused-ring (bicyclic) bond motifs is 3. The molecule has 2 amide bonds. The summed E-state index contributed by atoms with van der Waals surface area (Å²) in [5.41, 5.74) is 3.24. The smallest absolute Gasteiger partial charge is 0.471 e. The first-order valence-electron chi connectivity index (χ1n) is 9.88. The van der Waals surface area contributed by atoms with Crippen molar-refractivity contribution < 1.29 is 27.9 Å². The van der Waals surface area contributed by atoms with Gasteiger partial charge in [0.15, 0.2) is 0 Å². The molecule has 6 nitrogen and oxygen atoms in total. The number of hydrogen-bond donors (Lipinski definition) is 3. The summed E-state index contributed by atoms with van der Waals surface area (Å²) in [7, 11) is 0. The number of carbonyl (C=O) groups excluding carboxylic acids is 2. The quantitative estimate of drug-likeness (QED) is 0.543. The topological polar surface area (TPSA) is 85.4 Å². The zero-order chi connectivity index (χ0) is 23.0. The van der Waals surface area contributed by atoms with Gasteiger partial charge in [-0.3, -0.25) is 9.59 Å². The van der Waals surface area contributed by atoms with E-state index < -0.39 is 30.6 Å². The first-order valence-corrected chi connectivity index (χ1v) is 10.3. The van der Waals surface area contributed by atoms with Crippen molar-refractivity contribution in [1.29, 1.82) is 0 Å². The summed E-state index contributed by atoms with van der Waals surface area (Å²) >= 11 is 6.16. The van der Waals surface area contributed by atoms with E-state index in [9.17, 15) is 27.9 Å². The molecule has 1 aliphatic heterocycles. The van der Waals surface area contributed by atoms with Crippen molar-refractivity contribution in [3.63, 3.8) is 0 Å². The van der Waals surface area contributed by atoms with Gasteiger partial charge in [0.1, 0.15) is 5.75 Å². The number of carbonyl (C=O) groups is 2. The minimum absolute atomic E-state index is 0.0265. The Morgan fingerprint density at radius 2 is 2.00 bits per heavy atom. The number of phenols is 1. The molecule has 0 spiro atoms. The number of aromatic amines is 1. The van der Waals surface area contributed by atoms with Gasteiger partial charge in [0, 0.05) is 41.1 Å². The van der Waals surface area contributed by atoms with E-state index in [-0.39, 0.29) is 12.2 Å². The number of hydrogen-bond acceptors (Lipinski definition) is 3. The number of nitrogens with zero attached hydrogens (tertiary/aromatic N) is 1. The van der Waals surface area contributed by atoms with Crippen LogP contribution < -0.4 is 5.32 Å². The van der Waals surface area contributed by atoms with Crippen LogP contribution in [-0.2, 0) is 16.0 Å². The maximum atomic E-state index is 13.0. The van der Waals surface area contributed by atoms with Gasteiger partial charge in [0.05, 0.1) is 6.04 Å². The zero-order valence-electron chi connectivity index (χ0n) is 16.7. The van der Waals surface area contributed by atoms with E-state index in [0.29, 0.717) is 23.6 Å². The molecule has 0 fully saturated rings. The minimum atomic E-state index is -5.00. The number of aromatic nitrogens is 1. The second-order valence-corrected chi connectivity index (χ2v) is 7.98. The van der Waals surface area contributed by atoms with E-state index in [1.807, 2.05) is 12.1 Å². The van der Waals surface area contributed by atoms with Gasteiger partial charge < -0.3 is 20.3 Å². The van der Waals surface area contributed by atoms with Crippen molar-refractivity contribution in [2.24, 2.45) is 0 Å². The predicted molar refractivity (Wildman–Crippen MR) is 112 cm³/mol. The van der Waals surface area contributed by atoms with Crippen LogP contribution in [0.25, 0.3) is 10.9 Å². The molecule has 0 radical (unpaired) electrons. The van der Waals surface area contributed by atoms with Crippen LogP contribution in [0.1, 0.15) is 29.3 Å². The third-order valence-corrected chi connectivity index (χ3v) is 5.71. The standard InChI is InChI=1S/C22H19ClF3N3O3/c23-13-4-5-17-16(11-13)15-7-9-29(18(31)6-8-27-21(32)22(24,25)26)20(19(15)28-17)12-2-1-3-14(30)10-12/h1-5,10-11,20,28,30H,6-9H2,(H,27,32). The molecule has 0 aliphatic carbocycles. The summed E-state index contributed by atoms with van der Waals surface area (Å²) in [5, 5.41) is 13.2. The van der Waals surface area contributed by atoms with Gasteiger partial charge >= 0.3 is 12.1 Å². The molecule has 3 N–H and O–H groups in total. The molecule has 4 rings (SSSR count). The molecule has 10 heteroatoms. The molecule has 0 saturated carbocycles. The fourth-order valence-corrected chi connectivity index (χ4v) is 4.27. The Hall–Kier alpha value is -3.20. The predicted octanol–water partition coefficient (Wildman–Crippen LogP) is 4.07. The van der Waals surface area contributed by atoms with Gasteiger partial charge in [0.2, 0.25) is 5.91 Å². The monoisotopic (exact) mass is 465 g/mol. The van der Waals surface area contributed by atoms with Crippen molar-refractivity contribution >= 4 is 34.3 Å². The van der Waals surface area contributed by atoms with E-state index in [2.05, 4.69) is 4.98 Å². The van der Waals surface area contributed by atoms with Crippen LogP contribution in [0.4, 0.5) is 13.2 Å². The number of rotatable bonds is 4. The fraction of sp³-hybridized carbons (Fsp3) is 0.273. The molecule has 168 valence electrons. The van der Waals surface area contributed by atoms with Crippen LogP contribution >= 0.6 is 11.6 Å². The van der Waals surface area contributed by atoms with E-state index in [1.54, 1.807) is 34.5 Å². The van der Waals surface area contributed by atoms with Crippen molar-refractivity contribution in [1.82, 2.24) is 15.2 Å². The Morgan fingerprint density at radius 1 is 1.22 bits per heavy atom. The van der Waals surface area contributed by atoms with Gasteiger partial charge in [-0.05, 0) is 47.9 Å². The number of nitrogens with one attached hydrogen (secondary N) is 2. The normalized spacial score (nSPS) is 16.1. The van der Waals surface area contributed by atoms with Gasteiger partial charge in [-0.15, -0.1) is 0 Å². The number of halogens is 4. The summed E-state index contributed by atoms with van der Waals surface area (Å²) in [4.78, 5) is 28.9. The summed E-state index contributed by atoms with van der Waals surface area (Å²) < 4.78 is 37.2. The van der Waals surface area contributed by atoms with Crippen LogP contribution in [0.15, 0.2) is 42.5 Å². The lowest BCUT2D eigenvalue weighted by atomic mass is 9.92. The highest BCUT2D eigenvalue weighted by atomic mass is 35.5. The second-order valence-electron chi connectivity index (χ2n) is 7.55. The Balaban J connectivity index is 1.66. The molecule has 0 saturated heterocycles. The van der Waals surface area contributed by atoms with Crippen molar-refractivity contribution in [3.8, 4) is 5.75 Å². The van der Waals surface area contributed by atoms with Crippen LogP contribution in [-0.4, -0.2) is 46.1 Å². The third kappa shape index (κ3) is 4.25. The SMILES string of the molecule is O=C(CCNC(=O)C(F)(F)F)N1CCc2c([nH]c3ccc(Cl)cc23)C1c1cccc(O)c1. The van der Waals surface area contributed by atoms with Crippen LogP contribution in [0.5, 0.6) is 5.75 Å². The number of amides is 2. The Kier molecular flexibility index (Phi) is 5.77. The van der Waals surface area contributed by atoms with E-state index in [4.69, 9.17) is 11.6 Å². The lowest BCUT2D eigenvalue weighted by Crippen LogP contribution is -2.43. The zero-order valence-corrected chi connectivity index (χ0v) is 17.4. The van der Waals surface area contributed by atoms with Crippen LogP contribution in [0, 0.1) is 0 Å². The average Bonchev–Trinajstić information content (AvgIpc) is 3.10. The highest BCUT2D eigenvalue weighted by Gasteiger charge is 2.39. The lowest BCUT2D eigenvalue weighted by molar-refractivity contribution is -0.173.